The van der Waals surface area contributed by atoms with E-state index in [9.17, 15) is 9.59 Å². The van der Waals surface area contributed by atoms with Crippen LogP contribution >= 0.6 is 23.5 Å². The number of hydrogen-bond acceptors (Lipinski definition) is 6. The molecule has 0 radical (unpaired) electrons. The number of carbonyl (C=O) groups is 2. The van der Waals surface area contributed by atoms with E-state index >= 15 is 0 Å². The third kappa shape index (κ3) is 6.73. The zero-order valence-electron chi connectivity index (χ0n) is 10.7. The van der Waals surface area contributed by atoms with Gasteiger partial charge in [-0.25, -0.2) is 9.59 Å². The fourth-order valence-electron chi connectivity index (χ4n) is 1.46. The van der Waals surface area contributed by atoms with Gasteiger partial charge >= 0.3 is 11.9 Å². The SMILES string of the molecule is C=CC(=O)OCCCC1SCC(COC(=O)C=C)S1. The maximum Gasteiger partial charge on any atom is 0.330 e. The molecule has 0 aliphatic carbocycles. The normalized spacial score (nSPS) is 21.7. The van der Waals surface area contributed by atoms with Gasteiger partial charge < -0.3 is 9.47 Å². The van der Waals surface area contributed by atoms with Gasteiger partial charge in [-0.1, -0.05) is 13.2 Å². The molecule has 4 nitrogen and oxygen atoms in total. The molecule has 19 heavy (non-hydrogen) atoms. The van der Waals surface area contributed by atoms with Crippen molar-refractivity contribution in [3.8, 4) is 0 Å². The Morgan fingerprint density at radius 1 is 1.21 bits per heavy atom. The monoisotopic (exact) mass is 302 g/mol. The molecule has 2 atom stereocenters. The summed E-state index contributed by atoms with van der Waals surface area (Å²) >= 11 is 3.68. The third-order valence-corrected chi connectivity index (χ3v) is 5.77. The second-order valence-corrected chi connectivity index (χ2v) is 6.91. The van der Waals surface area contributed by atoms with Gasteiger partial charge in [0, 0.05) is 23.2 Å². The van der Waals surface area contributed by atoms with E-state index in [0.717, 1.165) is 18.6 Å². The van der Waals surface area contributed by atoms with Crippen LogP contribution in [0.1, 0.15) is 12.8 Å². The van der Waals surface area contributed by atoms with Crippen molar-refractivity contribution < 1.29 is 19.1 Å². The molecular formula is C13H18O4S2. The number of thioether (sulfide) groups is 2. The number of esters is 2. The Hall–Kier alpha value is -0.880. The molecule has 0 N–H and O–H groups in total. The molecule has 1 saturated heterocycles. The highest BCUT2D eigenvalue weighted by atomic mass is 32.2. The van der Waals surface area contributed by atoms with Crippen LogP contribution in [0, 0.1) is 0 Å². The lowest BCUT2D eigenvalue weighted by Crippen LogP contribution is -2.14. The molecule has 1 aliphatic rings. The van der Waals surface area contributed by atoms with Gasteiger partial charge in [0.15, 0.2) is 0 Å². The minimum atomic E-state index is -0.374. The highest BCUT2D eigenvalue weighted by Gasteiger charge is 2.26. The molecule has 1 fully saturated rings. The number of rotatable bonds is 8. The smallest absolute Gasteiger partial charge is 0.330 e. The maximum atomic E-state index is 10.9. The van der Waals surface area contributed by atoms with Crippen molar-refractivity contribution in [2.45, 2.75) is 22.7 Å². The second kappa shape index (κ2) is 9.09. The van der Waals surface area contributed by atoms with E-state index in [1.54, 1.807) is 0 Å². The number of carbonyl (C=O) groups excluding carboxylic acids is 2. The van der Waals surface area contributed by atoms with E-state index in [1.807, 2.05) is 23.5 Å². The van der Waals surface area contributed by atoms with E-state index in [4.69, 9.17) is 9.47 Å². The standard InChI is InChI=1S/C13H18O4S2/c1-3-11(14)16-7-5-6-13-18-9-10(19-13)8-17-12(15)4-2/h3-4,10,13H,1-2,5-9H2. The topological polar surface area (TPSA) is 52.6 Å². The fraction of sp³-hybridized carbons (Fsp3) is 0.538. The van der Waals surface area contributed by atoms with Crippen LogP contribution in [0.3, 0.4) is 0 Å². The first kappa shape index (κ1) is 16.2. The van der Waals surface area contributed by atoms with Crippen molar-refractivity contribution in [1.82, 2.24) is 0 Å². The van der Waals surface area contributed by atoms with Crippen LogP contribution in [-0.4, -0.2) is 40.7 Å². The molecule has 0 aromatic heterocycles. The summed E-state index contributed by atoms with van der Waals surface area (Å²) in [5, 5.41) is 0.342. The molecule has 0 saturated carbocycles. The summed E-state index contributed by atoms with van der Waals surface area (Å²) < 4.78 is 10.4. The van der Waals surface area contributed by atoms with Crippen LogP contribution in [-0.2, 0) is 19.1 Å². The van der Waals surface area contributed by atoms with Gasteiger partial charge in [-0.05, 0) is 12.8 Å². The predicted molar refractivity (Wildman–Crippen MR) is 79.2 cm³/mol. The summed E-state index contributed by atoms with van der Waals surface area (Å²) in [6.45, 7) is 7.56. The van der Waals surface area contributed by atoms with Gasteiger partial charge in [0.25, 0.3) is 0 Å². The molecule has 1 aliphatic heterocycles. The summed E-state index contributed by atoms with van der Waals surface area (Å²) in [6.07, 6.45) is 4.16. The van der Waals surface area contributed by atoms with Gasteiger partial charge in [0.05, 0.1) is 11.2 Å². The highest BCUT2D eigenvalue weighted by Crippen LogP contribution is 2.40. The van der Waals surface area contributed by atoms with Crippen molar-refractivity contribution in [1.29, 1.82) is 0 Å². The van der Waals surface area contributed by atoms with Gasteiger partial charge in [-0.15, -0.1) is 23.5 Å². The van der Waals surface area contributed by atoms with Crippen LogP contribution in [0.25, 0.3) is 0 Å². The van der Waals surface area contributed by atoms with Gasteiger partial charge in [-0.2, -0.15) is 0 Å². The molecule has 0 bridgehead atoms. The minimum absolute atomic E-state index is 0.342. The average Bonchev–Trinajstić information content (AvgIpc) is 2.88. The van der Waals surface area contributed by atoms with Gasteiger partial charge in [0.1, 0.15) is 6.61 Å². The Morgan fingerprint density at radius 3 is 2.58 bits per heavy atom. The second-order valence-electron chi connectivity index (χ2n) is 3.87. The summed E-state index contributed by atoms with van der Waals surface area (Å²) in [4.78, 5) is 21.8. The van der Waals surface area contributed by atoms with E-state index in [-0.39, 0.29) is 11.9 Å². The molecule has 0 spiro atoms. The van der Waals surface area contributed by atoms with E-state index in [1.165, 1.54) is 12.2 Å². The van der Waals surface area contributed by atoms with Crippen molar-refractivity contribution in [3.05, 3.63) is 25.3 Å². The summed E-state index contributed by atoms with van der Waals surface area (Å²) in [5.74, 6) is 0.234. The summed E-state index contributed by atoms with van der Waals surface area (Å²) in [7, 11) is 0. The first-order chi connectivity index (χ1) is 9.15. The van der Waals surface area contributed by atoms with Crippen molar-refractivity contribution >= 4 is 35.5 Å². The molecule has 0 aromatic rings. The first-order valence-electron chi connectivity index (χ1n) is 6.01. The van der Waals surface area contributed by atoms with E-state index < -0.39 is 0 Å². The van der Waals surface area contributed by atoms with Crippen molar-refractivity contribution in [2.24, 2.45) is 0 Å². The maximum absolute atomic E-state index is 10.9. The van der Waals surface area contributed by atoms with Crippen LogP contribution < -0.4 is 0 Å². The van der Waals surface area contributed by atoms with Crippen LogP contribution in [0.4, 0.5) is 0 Å². The number of ether oxygens (including phenoxy) is 2. The Morgan fingerprint density at radius 2 is 1.89 bits per heavy atom. The Labute approximate surface area is 122 Å². The van der Waals surface area contributed by atoms with Crippen LogP contribution in [0.15, 0.2) is 25.3 Å². The molecule has 1 heterocycles. The molecule has 0 amide bonds. The van der Waals surface area contributed by atoms with Crippen molar-refractivity contribution in [3.63, 3.8) is 0 Å². The molecule has 106 valence electrons. The molecule has 2 unspecified atom stereocenters. The van der Waals surface area contributed by atoms with Crippen molar-refractivity contribution in [2.75, 3.05) is 19.0 Å². The molecule has 0 aromatic carbocycles. The average molecular weight is 302 g/mol. The first-order valence-corrected chi connectivity index (χ1v) is 8.00. The lowest BCUT2D eigenvalue weighted by molar-refractivity contribution is -0.138. The van der Waals surface area contributed by atoms with Crippen LogP contribution in [0.5, 0.6) is 0 Å². The molecule has 1 rings (SSSR count). The van der Waals surface area contributed by atoms with E-state index in [0.29, 0.717) is 23.0 Å². The lowest BCUT2D eigenvalue weighted by atomic mass is 10.3. The Balaban J connectivity index is 2.08. The molecular weight excluding hydrogens is 284 g/mol. The minimum Gasteiger partial charge on any atom is -0.463 e. The van der Waals surface area contributed by atoms with E-state index in [2.05, 4.69) is 13.2 Å². The summed E-state index contributed by atoms with van der Waals surface area (Å²) in [6, 6.07) is 0. The predicted octanol–water partition coefficient (Wildman–Crippen LogP) is 2.40. The Bertz CT molecular complexity index is 344. The van der Waals surface area contributed by atoms with Crippen LogP contribution in [0.2, 0.25) is 0 Å². The van der Waals surface area contributed by atoms with Gasteiger partial charge in [0.2, 0.25) is 0 Å². The third-order valence-electron chi connectivity index (χ3n) is 2.39. The quantitative estimate of drug-likeness (QED) is 0.390. The molecule has 6 heteroatoms. The highest BCUT2D eigenvalue weighted by molar-refractivity contribution is 8.20. The lowest BCUT2D eigenvalue weighted by Gasteiger charge is -2.10. The summed E-state index contributed by atoms with van der Waals surface area (Å²) in [5.41, 5.74) is 0. The Kier molecular flexibility index (Phi) is 7.74. The fourth-order valence-corrected chi connectivity index (χ4v) is 4.77. The largest absolute Gasteiger partial charge is 0.463 e. The zero-order chi connectivity index (χ0) is 14.1. The van der Waals surface area contributed by atoms with Gasteiger partial charge in [-0.3, -0.25) is 0 Å². The number of hydrogen-bond donors (Lipinski definition) is 0. The zero-order valence-corrected chi connectivity index (χ0v) is 12.3.